The minimum atomic E-state index is -1.68. The summed E-state index contributed by atoms with van der Waals surface area (Å²) in [6.45, 7) is 5.93. The first-order valence-electron chi connectivity index (χ1n) is 12.1. The van der Waals surface area contributed by atoms with Crippen molar-refractivity contribution in [2.45, 2.75) is 50.6 Å². The van der Waals surface area contributed by atoms with E-state index in [0.29, 0.717) is 17.8 Å². The van der Waals surface area contributed by atoms with Crippen LogP contribution in [0.3, 0.4) is 0 Å². The summed E-state index contributed by atoms with van der Waals surface area (Å²) in [6, 6.07) is 15.5. The highest BCUT2D eigenvalue weighted by atomic mass is 35.5. The SMILES string of the molecule is CC(C)(C)CC1N[C@@H](C(=O)Nc2ccc(N)cc2)C(c2cccc(Cl)c2F)[C@@]1(C#N)c1ccc(Cl)cc1F. The molecular weight excluding hydrogens is 529 g/mol. The van der Waals surface area contributed by atoms with Gasteiger partial charge < -0.3 is 16.4 Å². The number of carbonyl (C=O) groups excluding carboxylic acids is 1. The summed E-state index contributed by atoms with van der Waals surface area (Å²) in [5, 5.41) is 17.0. The van der Waals surface area contributed by atoms with Crippen molar-refractivity contribution in [3.63, 3.8) is 0 Å². The van der Waals surface area contributed by atoms with Crippen LogP contribution >= 0.6 is 23.2 Å². The van der Waals surface area contributed by atoms with E-state index in [-0.39, 0.29) is 26.6 Å². The van der Waals surface area contributed by atoms with E-state index >= 15 is 8.78 Å². The third-order valence-electron chi connectivity index (χ3n) is 6.91. The van der Waals surface area contributed by atoms with Crippen molar-refractivity contribution in [3.05, 3.63) is 93.5 Å². The molecule has 2 unspecified atom stereocenters. The number of nitriles is 1. The summed E-state index contributed by atoms with van der Waals surface area (Å²) < 4.78 is 31.3. The first-order valence-corrected chi connectivity index (χ1v) is 12.9. The number of hydrogen-bond donors (Lipinski definition) is 3. The summed E-state index contributed by atoms with van der Waals surface area (Å²) in [4.78, 5) is 13.8. The van der Waals surface area contributed by atoms with Crippen LogP contribution in [0.2, 0.25) is 10.0 Å². The summed E-state index contributed by atoms with van der Waals surface area (Å²) in [6.07, 6.45) is 0.382. The molecule has 1 fully saturated rings. The van der Waals surface area contributed by atoms with Gasteiger partial charge in [-0.3, -0.25) is 4.79 Å². The topological polar surface area (TPSA) is 90.9 Å². The smallest absolute Gasteiger partial charge is 0.242 e. The van der Waals surface area contributed by atoms with E-state index in [0.717, 1.165) is 6.07 Å². The molecule has 4 N–H and O–H groups in total. The van der Waals surface area contributed by atoms with E-state index in [1.54, 1.807) is 30.3 Å². The fourth-order valence-corrected chi connectivity index (χ4v) is 5.68. The van der Waals surface area contributed by atoms with Gasteiger partial charge in [-0.25, -0.2) is 8.78 Å². The van der Waals surface area contributed by atoms with Crippen LogP contribution in [-0.2, 0) is 10.2 Å². The van der Waals surface area contributed by atoms with Crippen LogP contribution in [0.5, 0.6) is 0 Å². The number of rotatable bonds is 5. The second-order valence-corrected chi connectivity index (χ2v) is 11.6. The molecule has 3 aromatic carbocycles. The van der Waals surface area contributed by atoms with Gasteiger partial charge in [0.05, 0.1) is 17.1 Å². The minimum Gasteiger partial charge on any atom is -0.399 e. The fraction of sp³-hybridized carbons (Fsp3) is 0.310. The molecule has 4 rings (SSSR count). The number of halogens is 4. The molecule has 1 saturated heterocycles. The van der Waals surface area contributed by atoms with Gasteiger partial charge in [0.25, 0.3) is 0 Å². The van der Waals surface area contributed by atoms with Crippen LogP contribution in [0.4, 0.5) is 20.2 Å². The Morgan fingerprint density at radius 1 is 1.13 bits per heavy atom. The van der Waals surface area contributed by atoms with Crippen LogP contribution in [0.1, 0.15) is 44.2 Å². The molecule has 0 radical (unpaired) electrons. The van der Waals surface area contributed by atoms with Crippen molar-refractivity contribution in [3.8, 4) is 6.07 Å². The Balaban J connectivity index is 1.96. The average Bonchev–Trinajstić information content (AvgIpc) is 3.15. The van der Waals surface area contributed by atoms with Crippen molar-refractivity contribution in [1.82, 2.24) is 5.32 Å². The van der Waals surface area contributed by atoms with Gasteiger partial charge in [-0.05, 0) is 59.9 Å². The van der Waals surface area contributed by atoms with Crippen molar-refractivity contribution in [2.24, 2.45) is 5.41 Å². The van der Waals surface area contributed by atoms with Gasteiger partial charge in [-0.1, -0.05) is 62.2 Å². The summed E-state index contributed by atoms with van der Waals surface area (Å²) in [7, 11) is 0. The predicted octanol–water partition coefficient (Wildman–Crippen LogP) is 6.81. The van der Waals surface area contributed by atoms with E-state index in [1.165, 1.54) is 24.3 Å². The maximum Gasteiger partial charge on any atom is 0.242 e. The third kappa shape index (κ3) is 5.22. The zero-order valence-corrected chi connectivity index (χ0v) is 22.7. The maximum atomic E-state index is 15.7. The van der Waals surface area contributed by atoms with E-state index in [9.17, 15) is 10.1 Å². The summed E-state index contributed by atoms with van der Waals surface area (Å²) >= 11 is 12.2. The molecule has 1 aliphatic rings. The number of amides is 1. The molecule has 3 aromatic rings. The van der Waals surface area contributed by atoms with Crippen molar-refractivity contribution < 1.29 is 13.6 Å². The lowest BCUT2D eigenvalue weighted by molar-refractivity contribution is -0.118. The van der Waals surface area contributed by atoms with E-state index < -0.39 is 41.0 Å². The zero-order chi connectivity index (χ0) is 27.8. The zero-order valence-electron chi connectivity index (χ0n) is 21.2. The van der Waals surface area contributed by atoms with Gasteiger partial charge in [0, 0.05) is 33.9 Å². The van der Waals surface area contributed by atoms with Crippen molar-refractivity contribution >= 4 is 40.5 Å². The van der Waals surface area contributed by atoms with Crippen molar-refractivity contribution in [2.75, 3.05) is 11.1 Å². The second kappa shape index (κ2) is 10.5. The average molecular weight is 557 g/mol. The molecule has 38 heavy (non-hydrogen) atoms. The predicted molar refractivity (Wildman–Crippen MR) is 147 cm³/mol. The minimum absolute atomic E-state index is 0.0262. The molecule has 198 valence electrons. The molecule has 9 heteroatoms. The van der Waals surface area contributed by atoms with Crippen LogP contribution in [0, 0.1) is 28.4 Å². The summed E-state index contributed by atoms with van der Waals surface area (Å²) in [5.41, 5.74) is 4.81. The number of carbonyl (C=O) groups is 1. The molecule has 5 nitrogen and oxygen atoms in total. The Bertz CT molecular complexity index is 1400. The number of hydrogen-bond acceptors (Lipinski definition) is 4. The highest BCUT2D eigenvalue weighted by Gasteiger charge is 2.61. The Hall–Kier alpha value is -3.18. The maximum absolute atomic E-state index is 15.7. The highest BCUT2D eigenvalue weighted by Crippen LogP contribution is 2.52. The second-order valence-electron chi connectivity index (χ2n) is 10.8. The molecule has 0 bridgehead atoms. The Kier molecular flexibility index (Phi) is 7.72. The van der Waals surface area contributed by atoms with Crippen molar-refractivity contribution in [1.29, 1.82) is 5.26 Å². The number of nitrogens with zero attached hydrogens (tertiary/aromatic N) is 1. The lowest BCUT2D eigenvalue weighted by Crippen LogP contribution is -2.45. The van der Waals surface area contributed by atoms with Gasteiger partial charge in [0.1, 0.15) is 17.0 Å². The number of benzene rings is 3. The molecule has 0 saturated carbocycles. The largest absolute Gasteiger partial charge is 0.399 e. The highest BCUT2D eigenvalue weighted by molar-refractivity contribution is 6.31. The number of nitrogens with one attached hydrogen (secondary N) is 2. The molecule has 1 heterocycles. The lowest BCUT2D eigenvalue weighted by Gasteiger charge is -2.37. The normalized spacial score (nSPS) is 23.2. The standard InChI is InChI=1S/C29H28Cl2F2N4O/c1-28(2,3)14-23-29(15-34,20-12-7-16(30)13-22(20)32)24(19-5-4-6-21(31)25(19)33)26(37-23)27(38)36-18-10-8-17(35)9-11-18/h4-13,23-24,26,37H,14,35H2,1-3H3,(H,36,38)/t23?,24?,26-,29+/m1/s1. The van der Waals surface area contributed by atoms with E-state index in [1.807, 2.05) is 20.8 Å². The van der Waals surface area contributed by atoms with Gasteiger partial charge in [-0.15, -0.1) is 0 Å². The first kappa shape index (κ1) is 27.8. The van der Waals surface area contributed by atoms with Gasteiger partial charge >= 0.3 is 0 Å². The van der Waals surface area contributed by atoms with Gasteiger partial charge in [0.15, 0.2) is 0 Å². The van der Waals surface area contributed by atoms with E-state index in [4.69, 9.17) is 28.9 Å². The summed E-state index contributed by atoms with van der Waals surface area (Å²) in [5.74, 6) is -3.13. The third-order valence-corrected chi connectivity index (χ3v) is 7.44. The lowest BCUT2D eigenvalue weighted by atomic mass is 9.62. The van der Waals surface area contributed by atoms with Crippen LogP contribution in [0.25, 0.3) is 0 Å². The molecule has 0 aliphatic carbocycles. The fourth-order valence-electron chi connectivity index (χ4n) is 5.34. The van der Waals surface area contributed by atoms with Crippen LogP contribution in [-0.4, -0.2) is 18.0 Å². The molecule has 1 aliphatic heterocycles. The molecule has 0 spiro atoms. The quantitative estimate of drug-likeness (QED) is 0.301. The monoisotopic (exact) mass is 556 g/mol. The van der Waals surface area contributed by atoms with Crippen LogP contribution in [0.15, 0.2) is 60.7 Å². The number of nitrogens with two attached hydrogens (primary N) is 1. The number of anilines is 2. The van der Waals surface area contributed by atoms with Crippen LogP contribution < -0.4 is 16.4 Å². The molecule has 0 aromatic heterocycles. The Morgan fingerprint density at radius 3 is 2.42 bits per heavy atom. The first-order chi connectivity index (χ1) is 17.9. The molecule has 4 atom stereocenters. The van der Waals surface area contributed by atoms with Gasteiger partial charge in [-0.2, -0.15) is 5.26 Å². The molecule has 1 amide bonds. The Labute approximate surface area is 230 Å². The van der Waals surface area contributed by atoms with Gasteiger partial charge in [0.2, 0.25) is 5.91 Å². The molecular formula is C29H28Cl2F2N4O. The Morgan fingerprint density at radius 2 is 1.82 bits per heavy atom. The van der Waals surface area contributed by atoms with E-state index in [2.05, 4.69) is 16.7 Å². The number of nitrogen functional groups attached to an aromatic ring is 1.